The maximum Gasteiger partial charge on any atom is 0.366 e. The molecule has 0 radical (unpaired) electrons. The third-order valence-corrected chi connectivity index (χ3v) is 3.97. The Morgan fingerprint density at radius 2 is 2.12 bits per heavy atom. The second-order valence-electron chi connectivity index (χ2n) is 5.82. The third kappa shape index (κ3) is 3.10. The molecule has 2 heterocycles. The van der Waals surface area contributed by atoms with Crippen LogP contribution in [0, 0.1) is 22.9 Å². The minimum absolute atomic E-state index is 0.0884. The van der Waals surface area contributed by atoms with Crippen molar-refractivity contribution in [1.29, 1.82) is 0 Å². The molecule has 1 unspecified atom stereocenters. The number of aromatic nitrogens is 1. The number of hydrogen-bond acceptors (Lipinski definition) is 6. The molecule has 0 saturated heterocycles. The fraction of sp³-hybridized carbons (Fsp3) is 0.235. The third-order valence-electron chi connectivity index (χ3n) is 3.97. The Balaban J connectivity index is 1.97. The zero-order valence-corrected chi connectivity index (χ0v) is 13.9. The van der Waals surface area contributed by atoms with Gasteiger partial charge in [-0.2, -0.15) is 0 Å². The molecule has 26 heavy (non-hydrogen) atoms. The molecule has 0 aliphatic carbocycles. The number of nitro groups is 1. The molecule has 0 bridgehead atoms. The highest BCUT2D eigenvalue weighted by molar-refractivity contribution is 6.07. The summed E-state index contributed by atoms with van der Waals surface area (Å²) in [5, 5.41) is 10.9. The summed E-state index contributed by atoms with van der Waals surface area (Å²) in [5.74, 6) is -1.82. The van der Waals surface area contributed by atoms with Crippen LogP contribution in [0.15, 0.2) is 30.3 Å². The van der Waals surface area contributed by atoms with Crippen molar-refractivity contribution in [1.82, 2.24) is 4.98 Å². The van der Waals surface area contributed by atoms with E-state index in [0.29, 0.717) is 5.56 Å². The molecule has 2 aromatic rings. The van der Waals surface area contributed by atoms with Crippen molar-refractivity contribution in [3.63, 3.8) is 0 Å². The van der Waals surface area contributed by atoms with E-state index in [-0.39, 0.29) is 17.1 Å². The highest BCUT2D eigenvalue weighted by atomic mass is 19.1. The van der Waals surface area contributed by atoms with Crippen LogP contribution in [0.3, 0.4) is 0 Å². The van der Waals surface area contributed by atoms with E-state index in [1.165, 1.54) is 38.1 Å². The Morgan fingerprint density at radius 3 is 2.77 bits per heavy atom. The van der Waals surface area contributed by atoms with Gasteiger partial charge in [-0.15, -0.1) is 0 Å². The van der Waals surface area contributed by atoms with Crippen molar-refractivity contribution in [2.75, 3.05) is 11.4 Å². The van der Waals surface area contributed by atoms with Gasteiger partial charge in [0, 0.05) is 11.6 Å². The Hall–Kier alpha value is -3.36. The van der Waals surface area contributed by atoms with E-state index < -0.39 is 40.9 Å². The van der Waals surface area contributed by atoms with Crippen LogP contribution in [0.1, 0.15) is 22.8 Å². The highest BCUT2D eigenvalue weighted by Gasteiger charge is 2.37. The summed E-state index contributed by atoms with van der Waals surface area (Å²) in [6, 6.07) is 6.37. The summed E-state index contributed by atoms with van der Waals surface area (Å²) in [7, 11) is 0. The van der Waals surface area contributed by atoms with Gasteiger partial charge in [-0.05, 0) is 53.6 Å². The van der Waals surface area contributed by atoms with E-state index in [2.05, 4.69) is 4.98 Å². The molecule has 0 fully saturated rings. The molecule has 1 aliphatic heterocycles. The zero-order chi connectivity index (χ0) is 19.0. The van der Waals surface area contributed by atoms with Crippen LogP contribution in [0.2, 0.25) is 0 Å². The lowest BCUT2D eigenvalue weighted by Gasteiger charge is -2.28. The summed E-state index contributed by atoms with van der Waals surface area (Å²) in [6.07, 6.45) is -0.867. The molecule has 8 nitrogen and oxygen atoms in total. The average Bonchev–Trinajstić information content (AvgIpc) is 2.60. The molecular formula is C17H14FN3O5. The number of ether oxygens (including phenoxy) is 1. The van der Waals surface area contributed by atoms with E-state index in [1.807, 2.05) is 0 Å². The number of rotatable bonds is 4. The van der Waals surface area contributed by atoms with Crippen LogP contribution in [0.25, 0.3) is 0 Å². The lowest BCUT2D eigenvalue weighted by molar-refractivity contribution is -0.389. The van der Waals surface area contributed by atoms with Gasteiger partial charge < -0.3 is 14.9 Å². The number of carbonyl (C=O) groups is 2. The smallest absolute Gasteiger partial charge is 0.366 e. The van der Waals surface area contributed by atoms with Gasteiger partial charge in [-0.25, -0.2) is 4.39 Å². The van der Waals surface area contributed by atoms with Crippen LogP contribution >= 0.6 is 0 Å². The number of amides is 1. The molecule has 1 amide bonds. The van der Waals surface area contributed by atoms with Crippen LogP contribution < -0.4 is 9.64 Å². The van der Waals surface area contributed by atoms with E-state index >= 15 is 0 Å². The monoisotopic (exact) mass is 359 g/mol. The maximum atomic E-state index is 13.4. The number of ketones is 1. The van der Waals surface area contributed by atoms with Gasteiger partial charge in [0.05, 0.1) is 6.54 Å². The number of anilines is 1. The lowest BCUT2D eigenvalue weighted by atomic mass is 10.1. The van der Waals surface area contributed by atoms with Gasteiger partial charge in [0.2, 0.25) is 0 Å². The number of carbonyl (C=O) groups excluding carboxylic acids is 2. The van der Waals surface area contributed by atoms with Gasteiger partial charge in [-0.1, -0.05) is 0 Å². The lowest BCUT2D eigenvalue weighted by Crippen LogP contribution is -2.47. The summed E-state index contributed by atoms with van der Waals surface area (Å²) in [6.45, 7) is 2.64. The van der Waals surface area contributed by atoms with Gasteiger partial charge in [0.15, 0.2) is 17.6 Å². The van der Waals surface area contributed by atoms with Crippen molar-refractivity contribution >= 4 is 23.3 Å². The topological polar surface area (TPSA) is 103 Å². The Morgan fingerprint density at radius 1 is 1.38 bits per heavy atom. The molecule has 9 heteroatoms. The van der Waals surface area contributed by atoms with Gasteiger partial charge in [0.25, 0.3) is 11.7 Å². The first kappa shape index (κ1) is 17.5. The number of hydrogen-bond donors (Lipinski definition) is 0. The van der Waals surface area contributed by atoms with Crippen LogP contribution in [-0.2, 0) is 4.79 Å². The molecule has 1 aliphatic rings. The standard InChI is InChI=1S/C17H14FN3O5/c1-9-7-11(3-4-12(9)18)13(22)8-20-16-14(26-10(2)17(20)23)5-6-15(19-16)21(24)25/h3-7,10H,8H2,1-2H3. The second kappa shape index (κ2) is 6.51. The molecule has 0 saturated carbocycles. The maximum absolute atomic E-state index is 13.4. The molecule has 1 aromatic carbocycles. The van der Waals surface area contributed by atoms with E-state index in [1.54, 1.807) is 0 Å². The number of aryl methyl sites for hydroxylation is 1. The predicted molar refractivity (Wildman–Crippen MR) is 88.8 cm³/mol. The summed E-state index contributed by atoms with van der Waals surface area (Å²) >= 11 is 0. The summed E-state index contributed by atoms with van der Waals surface area (Å²) in [5.41, 5.74) is 0.523. The first-order valence-electron chi connectivity index (χ1n) is 7.70. The molecule has 0 N–H and O–H groups in total. The molecule has 3 rings (SSSR count). The molecular weight excluding hydrogens is 345 g/mol. The number of fused-ring (bicyclic) bond motifs is 1. The van der Waals surface area contributed by atoms with Gasteiger partial charge in [0.1, 0.15) is 5.82 Å². The van der Waals surface area contributed by atoms with E-state index in [9.17, 15) is 24.1 Å². The van der Waals surface area contributed by atoms with Crippen molar-refractivity contribution in [2.45, 2.75) is 20.0 Å². The van der Waals surface area contributed by atoms with Crippen molar-refractivity contribution in [3.05, 3.63) is 57.4 Å². The molecule has 0 spiro atoms. The number of benzene rings is 1. The van der Waals surface area contributed by atoms with E-state index in [4.69, 9.17) is 4.74 Å². The number of nitrogens with zero attached hydrogens (tertiary/aromatic N) is 3. The first-order chi connectivity index (χ1) is 12.3. The second-order valence-corrected chi connectivity index (χ2v) is 5.82. The fourth-order valence-electron chi connectivity index (χ4n) is 2.58. The van der Waals surface area contributed by atoms with Crippen LogP contribution in [-0.4, -0.2) is 34.2 Å². The Bertz CT molecular complexity index is 931. The fourth-order valence-corrected chi connectivity index (χ4v) is 2.58. The summed E-state index contributed by atoms with van der Waals surface area (Å²) < 4.78 is 18.8. The largest absolute Gasteiger partial charge is 0.475 e. The highest BCUT2D eigenvalue weighted by Crippen LogP contribution is 2.34. The van der Waals surface area contributed by atoms with E-state index in [0.717, 1.165) is 11.0 Å². The number of Topliss-reactive ketones (excluding diaryl/α,β-unsaturated/α-hetero) is 1. The van der Waals surface area contributed by atoms with Gasteiger partial charge in [-0.3, -0.25) is 14.5 Å². The Labute approximate surface area is 147 Å². The number of pyridine rings is 1. The average molecular weight is 359 g/mol. The number of halogens is 1. The van der Waals surface area contributed by atoms with Crippen LogP contribution in [0.5, 0.6) is 5.75 Å². The molecule has 1 aromatic heterocycles. The van der Waals surface area contributed by atoms with Crippen molar-refractivity contribution < 1.29 is 23.6 Å². The molecule has 1 atom stereocenters. The van der Waals surface area contributed by atoms with Crippen LogP contribution in [0.4, 0.5) is 16.0 Å². The minimum Gasteiger partial charge on any atom is -0.475 e. The van der Waals surface area contributed by atoms with Crippen molar-refractivity contribution in [2.24, 2.45) is 0 Å². The SMILES string of the molecule is Cc1cc(C(=O)CN2C(=O)C(C)Oc3ccc([N+](=O)[O-])nc32)ccc1F. The molecule has 134 valence electrons. The van der Waals surface area contributed by atoms with Gasteiger partial charge >= 0.3 is 5.82 Å². The first-order valence-corrected chi connectivity index (χ1v) is 7.70. The predicted octanol–water partition coefficient (Wildman–Crippen LogP) is 2.43. The van der Waals surface area contributed by atoms with Crippen molar-refractivity contribution in [3.8, 4) is 5.75 Å². The summed E-state index contributed by atoms with van der Waals surface area (Å²) in [4.78, 5) is 40.1. The normalized spacial score (nSPS) is 16.0. The Kier molecular flexibility index (Phi) is 4.37. The quantitative estimate of drug-likeness (QED) is 0.472. The minimum atomic E-state index is -0.867. The zero-order valence-electron chi connectivity index (χ0n) is 13.9.